The molecule has 2 rings (SSSR count). The van der Waals surface area contributed by atoms with Crippen molar-refractivity contribution >= 4 is 11.8 Å². The van der Waals surface area contributed by atoms with Crippen molar-refractivity contribution in [3.05, 3.63) is 35.7 Å². The number of allylic oxidation sites excluding steroid dienone is 3. The third kappa shape index (κ3) is 2.48. The molecule has 1 aliphatic rings. The van der Waals surface area contributed by atoms with E-state index < -0.39 is 0 Å². The Morgan fingerprint density at radius 2 is 2.17 bits per heavy atom. The smallest absolute Gasteiger partial charge is 0.0781 e. The highest BCUT2D eigenvalue weighted by atomic mass is 32.2. The molecule has 1 atom stereocenters. The number of hydrogen-bond donors (Lipinski definition) is 1. The van der Waals surface area contributed by atoms with Gasteiger partial charge in [-0.1, -0.05) is 38.2 Å². The second-order valence-corrected chi connectivity index (χ2v) is 6.33. The van der Waals surface area contributed by atoms with Crippen molar-refractivity contribution in [1.82, 2.24) is 9.89 Å². The summed E-state index contributed by atoms with van der Waals surface area (Å²) < 4.78 is 0.117. The number of aromatic nitrogens is 2. The van der Waals surface area contributed by atoms with Crippen LogP contribution < -0.4 is 5.84 Å². The lowest BCUT2D eigenvalue weighted by Gasteiger charge is -2.26. The Balaban J connectivity index is 2.33. The van der Waals surface area contributed by atoms with E-state index in [0.29, 0.717) is 0 Å². The summed E-state index contributed by atoms with van der Waals surface area (Å²) in [6, 6.07) is 0. The van der Waals surface area contributed by atoms with Crippen LogP contribution in [0.5, 0.6) is 0 Å². The molecule has 98 valence electrons. The lowest BCUT2D eigenvalue weighted by atomic mass is 10.0. The monoisotopic (exact) mass is 263 g/mol. The molecule has 2 N–H and O–H groups in total. The maximum Gasteiger partial charge on any atom is 0.0781 e. The highest BCUT2D eigenvalue weighted by Gasteiger charge is 2.27. The summed E-state index contributed by atoms with van der Waals surface area (Å²) in [5.41, 5.74) is 2.25. The molecule has 1 aliphatic carbocycles. The molecule has 0 spiro atoms. The first-order valence-corrected chi connectivity index (χ1v) is 7.30. The first-order chi connectivity index (χ1) is 8.59. The van der Waals surface area contributed by atoms with Crippen LogP contribution >= 0.6 is 11.8 Å². The van der Waals surface area contributed by atoms with Crippen LogP contribution in [0.15, 0.2) is 29.2 Å². The molecule has 0 bridgehead atoms. The van der Waals surface area contributed by atoms with Crippen molar-refractivity contribution in [2.45, 2.75) is 49.7 Å². The molecule has 0 saturated carbocycles. The fourth-order valence-electron chi connectivity index (χ4n) is 2.19. The van der Waals surface area contributed by atoms with E-state index in [9.17, 15) is 0 Å². The molecule has 1 aromatic rings. The lowest BCUT2D eigenvalue weighted by Crippen LogP contribution is -2.18. The highest BCUT2D eigenvalue weighted by molar-refractivity contribution is 8.01. The summed E-state index contributed by atoms with van der Waals surface area (Å²) in [7, 11) is 0. The SMILES string of the molecule is CCc1nn(N)c(CC)c1SC1(C)C=CC=CC1. The van der Waals surface area contributed by atoms with E-state index in [1.165, 1.54) is 4.90 Å². The average molecular weight is 263 g/mol. The first kappa shape index (κ1) is 13.3. The quantitative estimate of drug-likeness (QED) is 0.849. The Hall–Kier alpha value is -1.16. The zero-order valence-electron chi connectivity index (χ0n) is 11.3. The van der Waals surface area contributed by atoms with Crippen LogP contribution in [0, 0.1) is 0 Å². The fourth-order valence-corrected chi connectivity index (χ4v) is 3.65. The molecule has 0 aromatic carbocycles. The topological polar surface area (TPSA) is 43.8 Å². The molecule has 0 saturated heterocycles. The minimum Gasteiger partial charge on any atom is -0.323 e. The van der Waals surface area contributed by atoms with Crippen LogP contribution in [0.3, 0.4) is 0 Å². The van der Waals surface area contributed by atoms with Gasteiger partial charge in [0.15, 0.2) is 0 Å². The molecule has 0 amide bonds. The van der Waals surface area contributed by atoms with E-state index in [0.717, 1.165) is 30.7 Å². The van der Waals surface area contributed by atoms with Crippen LogP contribution in [0.1, 0.15) is 38.6 Å². The summed E-state index contributed by atoms with van der Waals surface area (Å²) in [5.74, 6) is 5.94. The van der Waals surface area contributed by atoms with E-state index >= 15 is 0 Å². The van der Waals surface area contributed by atoms with Gasteiger partial charge >= 0.3 is 0 Å². The zero-order chi connectivity index (χ0) is 13.2. The minimum absolute atomic E-state index is 0.117. The molecule has 1 heterocycles. The Morgan fingerprint density at radius 1 is 1.39 bits per heavy atom. The van der Waals surface area contributed by atoms with Crippen molar-refractivity contribution in [3.63, 3.8) is 0 Å². The molecule has 3 nitrogen and oxygen atoms in total. The van der Waals surface area contributed by atoms with Gasteiger partial charge in [0.05, 0.1) is 16.3 Å². The molecule has 1 unspecified atom stereocenters. The Labute approximate surface area is 113 Å². The van der Waals surface area contributed by atoms with Crippen LogP contribution in [0.4, 0.5) is 0 Å². The van der Waals surface area contributed by atoms with Gasteiger partial charge in [0, 0.05) is 4.75 Å². The van der Waals surface area contributed by atoms with Gasteiger partial charge < -0.3 is 5.84 Å². The standard InChI is InChI=1S/C14H21N3S/c1-4-11-13(12(5-2)17(15)16-11)18-14(3)9-7-6-8-10-14/h6-9H,4-5,10,15H2,1-3H3. The van der Waals surface area contributed by atoms with Crippen LogP contribution in [-0.4, -0.2) is 14.6 Å². The first-order valence-electron chi connectivity index (χ1n) is 6.49. The van der Waals surface area contributed by atoms with Crippen molar-refractivity contribution in [2.24, 2.45) is 0 Å². The van der Waals surface area contributed by atoms with Gasteiger partial charge in [0.25, 0.3) is 0 Å². The molecule has 0 aliphatic heterocycles. The van der Waals surface area contributed by atoms with Crippen LogP contribution in [0.2, 0.25) is 0 Å². The Bertz CT molecular complexity index is 487. The minimum atomic E-state index is 0.117. The molecular formula is C14H21N3S. The third-order valence-corrected chi connectivity index (χ3v) is 4.70. The van der Waals surface area contributed by atoms with Crippen molar-refractivity contribution in [1.29, 1.82) is 0 Å². The normalized spacial score (nSPS) is 22.6. The Morgan fingerprint density at radius 3 is 2.72 bits per heavy atom. The number of thioether (sulfide) groups is 1. The second-order valence-electron chi connectivity index (χ2n) is 4.78. The predicted octanol–water partition coefficient (Wildman–Crippen LogP) is 3.09. The van der Waals surface area contributed by atoms with Crippen LogP contribution in [-0.2, 0) is 12.8 Å². The third-order valence-electron chi connectivity index (χ3n) is 3.25. The summed E-state index contributed by atoms with van der Waals surface area (Å²) in [5, 5.41) is 4.43. The highest BCUT2D eigenvalue weighted by Crippen LogP contribution is 2.41. The predicted molar refractivity (Wildman–Crippen MR) is 78.3 cm³/mol. The van der Waals surface area contributed by atoms with E-state index in [-0.39, 0.29) is 4.75 Å². The van der Waals surface area contributed by atoms with E-state index in [1.807, 2.05) is 11.8 Å². The van der Waals surface area contributed by atoms with Gasteiger partial charge in [-0.05, 0) is 26.2 Å². The Kier molecular flexibility index (Phi) is 3.85. The van der Waals surface area contributed by atoms with Gasteiger partial charge in [0.2, 0.25) is 0 Å². The van der Waals surface area contributed by atoms with Crippen molar-refractivity contribution < 1.29 is 0 Å². The van der Waals surface area contributed by atoms with Gasteiger partial charge in [-0.25, -0.2) is 0 Å². The van der Waals surface area contributed by atoms with E-state index in [4.69, 9.17) is 5.84 Å². The van der Waals surface area contributed by atoms with Gasteiger partial charge in [-0.2, -0.15) is 9.89 Å². The summed E-state index contributed by atoms with van der Waals surface area (Å²) in [4.78, 5) is 2.82. The fraction of sp³-hybridized carbons (Fsp3) is 0.500. The lowest BCUT2D eigenvalue weighted by molar-refractivity contribution is 0.753. The molecule has 0 radical (unpaired) electrons. The maximum atomic E-state index is 5.94. The zero-order valence-corrected chi connectivity index (χ0v) is 12.1. The second kappa shape index (κ2) is 5.22. The summed E-state index contributed by atoms with van der Waals surface area (Å²) in [6.07, 6.45) is 11.6. The number of rotatable bonds is 4. The average Bonchev–Trinajstić information content (AvgIpc) is 2.65. The number of hydrogen-bond acceptors (Lipinski definition) is 3. The van der Waals surface area contributed by atoms with Crippen molar-refractivity contribution in [3.8, 4) is 0 Å². The molecule has 18 heavy (non-hydrogen) atoms. The number of nitrogens with two attached hydrogens (primary N) is 1. The van der Waals surface area contributed by atoms with Crippen LogP contribution in [0.25, 0.3) is 0 Å². The summed E-state index contributed by atoms with van der Waals surface area (Å²) in [6.45, 7) is 6.53. The number of nitrogen functional groups attached to an aromatic ring is 1. The number of aryl methyl sites for hydroxylation is 1. The molecule has 0 fully saturated rings. The largest absolute Gasteiger partial charge is 0.323 e. The maximum absolute atomic E-state index is 5.94. The van der Waals surface area contributed by atoms with Crippen molar-refractivity contribution in [2.75, 3.05) is 5.84 Å². The summed E-state index contributed by atoms with van der Waals surface area (Å²) >= 11 is 1.89. The molecule has 4 heteroatoms. The van der Waals surface area contributed by atoms with Gasteiger partial charge in [-0.3, -0.25) is 0 Å². The van der Waals surface area contributed by atoms with Gasteiger partial charge in [-0.15, -0.1) is 11.8 Å². The van der Waals surface area contributed by atoms with E-state index in [1.54, 1.807) is 4.79 Å². The van der Waals surface area contributed by atoms with E-state index in [2.05, 4.69) is 50.2 Å². The number of nitrogens with zero attached hydrogens (tertiary/aromatic N) is 2. The molecule has 1 aromatic heterocycles. The molecular weight excluding hydrogens is 242 g/mol. The van der Waals surface area contributed by atoms with Gasteiger partial charge in [0.1, 0.15) is 0 Å².